The number of anilines is 2. The summed E-state index contributed by atoms with van der Waals surface area (Å²) in [6, 6.07) is 0. The van der Waals surface area contributed by atoms with Crippen molar-refractivity contribution in [3.63, 3.8) is 0 Å². The molecule has 1 aliphatic rings. The Hall–Kier alpha value is -2.09. The molecule has 0 aliphatic carbocycles. The van der Waals surface area contributed by atoms with Crippen molar-refractivity contribution >= 4 is 22.9 Å². The maximum atomic E-state index is 10.2. The molecule has 2 aromatic rings. The van der Waals surface area contributed by atoms with Gasteiger partial charge in [0.15, 0.2) is 17.7 Å². The molecule has 0 aromatic carbocycles. The van der Waals surface area contributed by atoms with Gasteiger partial charge in [-0.2, -0.15) is 9.97 Å². The summed E-state index contributed by atoms with van der Waals surface area (Å²) in [4.78, 5) is 12.4. The van der Waals surface area contributed by atoms with Crippen molar-refractivity contribution in [2.75, 3.05) is 30.7 Å². The fourth-order valence-electron chi connectivity index (χ4n) is 2.61. The van der Waals surface area contributed by atoms with Gasteiger partial charge in [-0.05, 0) is 0 Å². The van der Waals surface area contributed by atoms with E-state index in [0.29, 0.717) is 5.52 Å². The number of imidazole rings is 1. The summed E-state index contributed by atoms with van der Waals surface area (Å²) < 4.78 is 6.88. The molecule has 3 rings (SSSR count). The molecule has 0 bridgehead atoms. The summed E-state index contributed by atoms with van der Waals surface area (Å²) in [6.07, 6.45) is -3.85. The molecule has 5 atom stereocenters. The lowest BCUT2D eigenvalue weighted by molar-refractivity contribution is -0.0511. The van der Waals surface area contributed by atoms with Gasteiger partial charge in [0.2, 0.25) is 5.95 Å². The number of aromatic nitrogens is 4. The quantitative estimate of drug-likeness (QED) is 0.274. The van der Waals surface area contributed by atoms with Crippen LogP contribution in [0.3, 0.4) is 0 Å². The van der Waals surface area contributed by atoms with Crippen LogP contribution in [0.1, 0.15) is 6.23 Å². The zero-order valence-electron chi connectivity index (χ0n) is 13.2. The molecule has 1 fully saturated rings. The first-order valence-corrected chi connectivity index (χ1v) is 7.70. The van der Waals surface area contributed by atoms with E-state index in [9.17, 15) is 20.4 Å². The summed E-state index contributed by atoms with van der Waals surface area (Å²) in [5.74, 6) is 0.242. The van der Waals surface area contributed by atoms with Crippen molar-refractivity contribution in [2.24, 2.45) is 5.73 Å². The number of hydrogen-bond donors (Lipinski definition) is 7. The van der Waals surface area contributed by atoms with Crippen LogP contribution in [0, 0.1) is 0 Å². The second kappa shape index (κ2) is 7.03. The Kier molecular flexibility index (Phi) is 4.99. The fourth-order valence-corrected chi connectivity index (χ4v) is 2.61. The molecular weight excluding hydrogens is 334 g/mol. The average Bonchev–Trinajstić information content (AvgIpc) is 3.15. The van der Waals surface area contributed by atoms with Gasteiger partial charge < -0.3 is 41.9 Å². The number of nitrogens with two attached hydrogens (primary N) is 2. The molecule has 1 aliphatic heterocycles. The van der Waals surface area contributed by atoms with Crippen molar-refractivity contribution < 1.29 is 25.2 Å². The molecule has 12 nitrogen and oxygen atoms in total. The molecule has 25 heavy (non-hydrogen) atoms. The van der Waals surface area contributed by atoms with E-state index in [1.54, 1.807) is 0 Å². The van der Waals surface area contributed by atoms with Gasteiger partial charge in [-0.25, -0.2) is 4.98 Å². The number of ether oxygens (including phenoxy) is 1. The summed E-state index contributed by atoms with van der Waals surface area (Å²) >= 11 is 0. The predicted octanol–water partition coefficient (Wildman–Crippen LogP) is -3.25. The van der Waals surface area contributed by atoms with Crippen molar-refractivity contribution in [1.29, 1.82) is 0 Å². The number of rotatable bonds is 6. The largest absolute Gasteiger partial charge is 0.394 e. The molecule has 0 amide bonds. The minimum absolute atomic E-state index is 0.0746. The highest BCUT2D eigenvalue weighted by Gasteiger charge is 2.44. The second-order valence-corrected chi connectivity index (χ2v) is 5.76. The monoisotopic (exact) mass is 355 g/mol. The Morgan fingerprint density at radius 2 is 2.08 bits per heavy atom. The maximum absolute atomic E-state index is 10.2. The van der Waals surface area contributed by atoms with E-state index in [4.69, 9.17) is 16.2 Å². The van der Waals surface area contributed by atoms with Crippen LogP contribution in [0.25, 0.3) is 11.2 Å². The predicted molar refractivity (Wildman–Crippen MR) is 86.3 cm³/mol. The van der Waals surface area contributed by atoms with Crippen molar-refractivity contribution in [1.82, 2.24) is 19.5 Å². The Morgan fingerprint density at radius 1 is 1.32 bits per heavy atom. The molecule has 0 radical (unpaired) electrons. The molecule has 0 saturated carbocycles. The topological polar surface area (TPSA) is 198 Å². The lowest BCUT2D eigenvalue weighted by Gasteiger charge is -2.17. The molecule has 2 aromatic heterocycles. The van der Waals surface area contributed by atoms with Crippen molar-refractivity contribution in [2.45, 2.75) is 30.6 Å². The van der Waals surface area contributed by atoms with Gasteiger partial charge in [-0.15, -0.1) is 0 Å². The first kappa shape index (κ1) is 17.7. The van der Waals surface area contributed by atoms with Crippen LogP contribution in [0.15, 0.2) is 6.33 Å². The van der Waals surface area contributed by atoms with Crippen LogP contribution < -0.4 is 16.8 Å². The number of nitrogen functional groups attached to an aromatic ring is 1. The molecular formula is C13H21N7O5. The van der Waals surface area contributed by atoms with Gasteiger partial charge in [-0.1, -0.05) is 0 Å². The van der Waals surface area contributed by atoms with Gasteiger partial charge in [-0.3, -0.25) is 4.57 Å². The zero-order chi connectivity index (χ0) is 18.1. The van der Waals surface area contributed by atoms with Crippen LogP contribution in [0.4, 0.5) is 11.8 Å². The number of nitrogens with one attached hydrogen (secondary N) is 1. The van der Waals surface area contributed by atoms with Crippen LogP contribution in [0.5, 0.6) is 0 Å². The van der Waals surface area contributed by atoms with Crippen LogP contribution in [-0.4, -0.2) is 84.1 Å². The Bertz CT molecular complexity index is 741. The van der Waals surface area contributed by atoms with E-state index in [2.05, 4.69) is 20.3 Å². The summed E-state index contributed by atoms with van der Waals surface area (Å²) in [5.41, 5.74) is 11.8. The highest BCUT2D eigenvalue weighted by atomic mass is 16.6. The van der Waals surface area contributed by atoms with Crippen molar-refractivity contribution in [3.8, 4) is 0 Å². The van der Waals surface area contributed by atoms with E-state index in [-0.39, 0.29) is 30.5 Å². The van der Waals surface area contributed by atoms with Crippen LogP contribution in [-0.2, 0) is 4.74 Å². The van der Waals surface area contributed by atoms with Gasteiger partial charge in [0.25, 0.3) is 0 Å². The number of fused-ring (bicyclic) bond motifs is 1. The van der Waals surface area contributed by atoms with E-state index in [1.165, 1.54) is 10.9 Å². The van der Waals surface area contributed by atoms with Crippen LogP contribution in [0.2, 0.25) is 0 Å². The highest BCUT2D eigenvalue weighted by molar-refractivity contribution is 5.83. The molecule has 138 valence electrons. The Morgan fingerprint density at radius 3 is 2.72 bits per heavy atom. The minimum atomic E-state index is -1.28. The third kappa shape index (κ3) is 3.22. The molecule has 12 heteroatoms. The standard InChI is InChI=1S/C13H21N7O5/c14-1-5(22)2-16-13-18-10(15)7-11(19-13)20(4-17-7)12-9(24)8(23)6(3-21)25-12/h4-6,8-9,12,21-24H,1-3,14H2,(H3,15,16,18,19)/t5?,6-,8-,9-,12?/m1/s1. The lowest BCUT2D eigenvalue weighted by atomic mass is 10.1. The first-order chi connectivity index (χ1) is 12.0. The number of aliphatic hydroxyl groups is 4. The minimum Gasteiger partial charge on any atom is -0.394 e. The average molecular weight is 355 g/mol. The normalized spacial score (nSPS) is 27.7. The van der Waals surface area contributed by atoms with Crippen LogP contribution >= 0.6 is 0 Å². The summed E-state index contributed by atoms with van der Waals surface area (Å²) in [6.45, 7) is -0.239. The Labute approximate surface area is 142 Å². The van der Waals surface area contributed by atoms with Crippen molar-refractivity contribution in [3.05, 3.63) is 6.33 Å². The smallest absolute Gasteiger partial charge is 0.226 e. The first-order valence-electron chi connectivity index (χ1n) is 7.70. The molecule has 3 heterocycles. The SMILES string of the molecule is NCC(O)CNc1nc(N)c2ncn(C3O[C@H](CO)[C@@H](O)[C@H]3O)c2n1. The fraction of sp³-hybridized carbons (Fsp3) is 0.615. The summed E-state index contributed by atoms with van der Waals surface area (Å²) in [5, 5.41) is 41.6. The van der Waals surface area contributed by atoms with E-state index in [0.717, 1.165) is 0 Å². The second-order valence-electron chi connectivity index (χ2n) is 5.76. The van der Waals surface area contributed by atoms with Gasteiger partial charge in [0.05, 0.1) is 19.0 Å². The van der Waals surface area contributed by atoms with E-state index in [1.807, 2.05) is 0 Å². The highest BCUT2D eigenvalue weighted by Crippen LogP contribution is 2.32. The molecule has 1 saturated heterocycles. The molecule has 9 N–H and O–H groups in total. The number of aliphatic hydroxyl groups excluding tert-OH is 4. The van der Waals surface area contributed by atoms with E-state index >= 15 is 0 Å². The number of hydrogen-bond acceptors (Lipinski definition) is 11. The lowest BCUT2D eigenvalue weighted by Crippen LogP contribution is -2.33. The third-order valence-corrected chi connectivity index (χ3v) is 4.01. The van der Waals surface area contributed by atoms with Gasteiger partial charge >= 0.3 is 0 Å². The van der Waals surface area contributed by atoms with E-state index < -0.39 is 37.3 Å². The third-order valence-electron chi connectivity index (χ3n) is 4.01. The number of nitrogens with zero attached hydrogens (tertiary/aromatic N) is 4. The Balaban J connectivity index is 1.93. The van der Waals surface area contributed by atoms with Gasteiger partial charge in [0.1, 0.15) is 23.8 Å². The van der Waals surface area contributed by atoms with Gasteiger partial charge in [0, 0.05) is 13.1 Å². The molecule has 2 unspecified atom stereocenters. The summed E-state index contributed by atoms with van der Waals surface area (Å²) in [7, 11) is 0. The maximum Gasteiger partial charge on any atom is 0.226 e. The zero-order valence-corrected chi connectivity index (χ0v) is 13.2. The molecule has 0 spiro atoms.